The maximum Gasteiger partial charge on any atom is 0.242 e. The van der Waals surface area contributed by atoms with Crippen molar-refractivity contribution < 1.29 is 13.2 Å². The molecule has 0 unspecified atom stereocenters. The molecular formula is C19H22N2O3S. The minimum absolute atomic E-state index is 0.126. The van der Waals surface area contributed by atoms with Gasteiger partial charge in [-0.3, -0.25) is 4.79 Å². The summed E-state index contributed by atoms with van der Waals surface area (Å²) in [5.41, 5.74) is 3.73. The highest BCUT2D eigenvalue weighted by atomic mass is 32.2. The van der Waals surface area contributed by atoms with Crippen molar-refractivity contribution >= 4 is 21.6 Å². The number of nitrogens with one attached hydrogen (secondary N) is 1. The Bertz CT molecular complexity index is 878. The van der Waals surface area contributed by atoms with Crippen molar-refractivity contribution in [2.75, 3.05) is 18.0 Å². The SMILES string of the molecule is Cc1cccc(CS(=O)(=O)NCC(=O)N2CCCc3ccccc32)c1. The van der Waals surface area contributed by atoms with E-state index in [4.69, 9.17) is 0 Å². The monoisotopic (exact) mass is 358 g/mol. The fraction of sp³-hybridized carbons (Fsp3) is 0.316. The van der Waals surface area contributed by atoms with Crippen LogP contribution in [0.25, 0.3) is 0 Å². The number of fused-ring (bicyclic) bond motifs is 1. The highest BCUT2D eigenvalue weighted by molar-refractivity contribution is 7.88. The van der Waals surface area contributed by atoms with Gasteiger partial charge >= 0.3 is 0 Å². The molecule has 1 heterocycles. The summed E-state index contributed by atoms with van der Waals surface area (Å²) in [6.07, 6.45) is 1.83. The van der Waals surface area contributed by atoms with Crippen LogP contribution >= 0.6 is 0 Å². The van der Waals surface area contributed by atoms with Gasteiger partial charge in [-0.15, -0.1) is 0 Å². The lowest BCUT2D eigenvalue weighted by Gasteiger charge is -2.29. The Labute approximate surface area is 148 Å². The third-order valence-electron chi connectivity index (χ3n) is 4.29. The minimum atomic E-state index is -3.56. The first-order valence-corrected chi connectivity index (χ1v) is 10.0. The predicted molar refractivity (Wildman–Crippen MR) is 98.9 cm³/mol. The molecule has 1 aliphatic rings. The normalized spacial score (nSPS) is 14.2. The largest absolute Gasteiger partial charge is 0.311 e. The van der Waals surface area contributed by atoms with Gasteiger partial charge in [0.2, 0.25) is 15.9 Å². The van der Waals surface area contributed by atoms with Crippen molar-refractivity contribution in [1.82, 2.24) is 4.72 Å². The standard InChI is InChI=1S/C19H22N2O3S/c1-15-6-4-7-16(12-15)14-25(23,24)20-13-19(22)21-11-5-9-17-8-2-3-10-18(17)21/h2-4,6-8,10,12,20H,5,9,11,13-14H2,1H3. The Morgan fingerprint density at radius 3 is 2.76 bits per heavy atom. The van der Waals surface area contributed by atoms with Crippen molar-refractivity contribution in [3.05, 3.63) is 65.2 Å². The molecule has 2 aromatic carbocycles. The molecule has 1 amide bonds. The molecule has 132 valence electrons. The Morgan fingerprint density at radius 1 is 1.16 bits per heavy atom. The van der Waals surface area contributed by atoms with E-state index in [9.17, 15) is 13.2 Å². The van der Waals surface area contributed by atoms with E-state index in [0.717, 1.165) is 29.7 Å². The lowest BCUT2D eigenvalue weighted by atomic mass is 10.0. The molecule has 0 saturated heterocycles. The van der Waals surface area contributed by atoms with Crippen molar-refractivity contribution in [1.29, 1.82) is 0 Å². The summed E-state index contributed by atoms with van der Waals surface area (Å²) in [5, 5.41) is 0. The smallest absolute Gasteiger partial charge is 0.242 e. The van der Waals surface area contributed by atoms with Crippen LogP contribution in [0.3, 0.4) is 0 Å². The van der Waals surface area contributed by atoms with Gasteiger partial charge in [0.05, 0.1) is 12.3 Å². The second kappa shape index (κ2) is 7.37. The molecule has 0 spiro atoms. The molecule has 2 aromatic rings. The number of aryl methyl sites for hydroxylation is 2. The van der Waals surface area contributed by atoms with Gasteiger partial charge in [0, 0.05) is 12.2 Å². The van der Waals surface area contributed by atoms with Crippen LogP contribution in [0.15, 0.2) is 48.5 Å². The quantitative estimate of drug-likeness (QED) is 0.892. The first-order valence-electron chi connectivity index (χ1n) is 8.36. The average molecular weight is 358 g/mol. The number of para-hydroxylation sites is 1. The Hall–Kier alpha value is -2.18. The van der Waals surface area contributed by atoms with Crippen LogP contribution in [-0.2, 0) is 27.0 Å². The number of carbonyl (C=O) groups is 1. The van der Waals surface area contributed by atoms with Gasteiger partial charge in [-0.05, 0) is 37.0 Å². The summed E-state index contributed by atoms with van der Waals surface area (Å²) in [6.45, 7) is 2.32. The molecule has 6 heteroatoms. The molecule has 1 aliphatic heterocycles. The summed E-state index contributed by atoms with van der Waals surface area (Å²) in [4.78, 5) is 14.2. The van der Waals surface area contributed by atoms with Crippen molar-refractivity contribution in [2.45, 2.75) is 25.5 Å². The highest BCUT2D eigenvalue weighted by Gasteiger charge is 2.23. The van der Waals surface area contributed by atoms with E-state index in [2.05, 4.69) is 4.72 Å². The first kappa shape index (κ1) is 17.6. The lowest BCUT2D eigenvalue weighted by molar-refractivity contribution is -0.117. The van der Waals surface area contributed by atoms with Crippen LogP contribution in [-0.4, -0.2) is 27.4 Å². The fourth-order valence-electron chi connectivity index (χ4n) is 3.13. The van der Waals surface area contributed by atoms with Gasteiger partial charge < -0.3 is 4.90 Å². The zero-order valence-corrected chi connectivity index (χ0v) is 15.1. The Balaban J connectivity index is 1.64. The van der Waals surface area contributed by atoms with E-state index in [1.54, 1.807) is 11.0 Å². The molecule has 25 heavy (non-hydrogen) atoms. The van der Waals surface area contributed by atoms with E-state index in [1.165, 1.54) is 0 Å². The van der Waals surface area contributed by atoms with Crippen LogP contribution in [0.1, 0.15) is 23.1 Å². The zero-order chi connectivity index (χ0) is 17.9. The topological polar surface area (TPSA) is 66.5 Å². The molecular weight excluding hydrogens is 336 g/mol. The van der Waals surface area contributed by atoms with E-state index in [-0.39, 0.29) is 18.2 Å². The van der Waals surface area contributed by atoms with E-state index in [0.29, 0.717) is 12.1 Å². The minimum Gasteiger partial charge on any atom is -0.311 e. The van der Waals surface area contributed by atoms with E-state index >= 15 is 0 Å². The van der Waals surface area contributed by atoms with Crippen molar-refractivity contribution in [3.63, 3.8) is 0 Å². The fourth-order valence-corrected chi connectivity index (χ4v) is 4.20. The second-order valence-electron chi connectivity index (χ2n) is 6.35. The third kappa shape index (κ3) is 4.46. The van der Waals surface area contributed by atoms with Crippen molar-refractivity contribution in [3.8, 4) is 0 Å². The molecule has 0 aliphatic carbocycles. The van der Waals surface area contributed by atoms with Gasteiger partial charge in [0.25, 0.3) is 0 Å². The van der Waals surface area contributed by atoms with Crippen molar-refractivity contribution in [2.24, 2.45) is 0 Å². The Kier molecular flexibility index (Phi) is 5.20. The lowest BCUT2D eigenvalue weighted by Crippen LogP contribution is -2.42. The molecule has 0 radical (unpaired) electrons. The highest BCUT2D eigenvalue weighted by Crippen LogP contribution is 2.26. The third-order valence-corrected chi connectivity index (χ3v) is 5.59. The summed E-state index contributed by atoms with van der Waals surface area (Å²) < 4.78 is 27.0. The number of rotatable bonds is 5. The van der Waals surface area contributed by atoms with E-state index in [1.807, 2.05) is 49.4 Å². The van der Waals surface area contributed by atoms with Gasteiger partial charge in [-0.2, -0.15) is 0 Å². The number of anilines is 1. The summed E-state index contributed by atoms with van der Waals surface area (Å²) >= 11 is 0. The number of benzene rings is 2. The number of amides is 1. The van der Waals surface area contributed by atoms with Crippen LogP contribution in [0.2, 0.25) is 0 Å². The molecule has 0 fully saturated rings. The van der Waals surface area contributed by atoms with Crippen LogP contribution in [0.5, 0.6) is 0 Å². The molecule has 1 N–H and O–H groups in total. The maximum absolute atomic E-state index is 12.5. The number of nitrogens with zero attached hydrogens (tertiary/aromatic N) is 1. The number of carbonyl (C=O) groups excluding carboxylic acids is 1. The Morgan fingerprint density at radius 2 is 1.96 bits per heavy atom. The second-order valence-corrected chi connectivity index (χ2v) is 8.15. The van der Waals surface area contributed by atoms with Gasteiger partial charge in [-0.1, -0.05) is 48.0 Å². The molecule has 0 bridgehead atoms. The van der Waals surface area contributed by atoms with Gasteiger partial charge in [0.15, 0.2) is 0 Å². The van der Waals surface area contributed by atoms with E-state index < -0.39 is 10.0 Å². The molecule has 0 saturated carbocycles. The van der Waals surface area contributed by atoms with Gasteiger partial charge in [-0.25, -0.2) is 13.1 Å². The summed E-state index contributed by atoms with van der Waals surface area (Å²) in [7, 11) is -3.56. The van der Waals surface area contributed by atoms with Crippen LogP contribution < -0.4 is 9.62 Å². The molecule has 3 rings (SSSR count). The first-order chi connectivity index (χ1) is 11.9. The summed E-state index contributed by atoms with van der Waals surface area (Å²) in [6, 6.07) is 15.1. The van der Waals surface area contributed by atoms with Gasteiger partial charge in [0.1, 0.15) is 0 Å². The number of sulfonamides is 1. The zero-order valence-electron chi connectivity index (χ0n) is 14.2. The molecule has 0 atom stereocenters. The van der Waals surface area contributed by atoms with Crippen LogP contribution in [0.4, 0.5) is 5.69 Å². The molecule has 5 nitrogen and oxygen atoms in total. The number of hydrogen-bond acceptors (Lipinski definition) is 3. The van der Waals surface area contributed by atoms with Crippen LogP contribution in [0, 0.1) is 6.92 Å². The maximum atomic E-state index is 12.5. The summed E-state index contributed by atoms with van der Waals surface area (Å²) in [5.74, 6) is -0.349. The molecule has 0 aromatic heterocycles. The number of hydrogen-bond donors (Lipinski definition) is 1. The predicted octanol–water partition coefficient (Wildman–Crippen LogP) is 2.39. The average Bonchev–Trinajstić information content (AvgIpc) is 2.59.